The summed E-state index contributed by atoms with van der Waals surface area (Å²) in [6, 6.07) is 7.74. The number of rotatable bonds is 7. The Kier molecular flexibility index (Phi) is 6.54. The van der Waals surface area contributed by atoms with Gasteiger partial charge in [-0.15, -0.1) is 11.8 Å². The number of ether oxygens (including phenoxy) is 1. The van der Waals surface area contributed by atoms with Gasteiger partial charge in [0.25, 0.3) is 0 Å². The van der Waals surface area contributed by atoms with Crippen LogP contribution in [0, 0.1) is 5.92 Å². The average molecular weight is 350 g/mol. The Bertz CT molecular complexity index is 591. The number of hydrogen-bond donors (Lipinski definition) is 1. The van der Waals surface area contributed by atoms with Gasteiger partial charge in [0.15, 0.2) is 0 Å². The van der Waals surface area contributed by atoms with Gasteiger partial charge in [-0.25, -0.2) is 0 Å². The third kappa shape index (κ3) is 4.44. The number of para-hydroxylation sites is 1. The molecule has 1 aliphatic rings. The lowest BCUT2D eigenvalue weighted by molar-refractivity contribution is -0.130. The van der Waals surface area contributed by atoms with Crippen LogP contribution in [0.3, 0.4) is 0 Å². The second-order valence-electron chi connectivity index (χ2n) is 6.35. The van der Waals surface area contributed by atoms with Crippen LogP contribution in [0.5, 0.6) is 5.75 Å². The van der Waals surface area contributed by atoms with E-state index in [1.54, 1.807) is 23.8 Å². The highest BCUT2D eigenvalue weighted by Gasteiger charge is 2.39. The summed E-state index contributed by atoms with van der Waals surface area (Å²) in [5.41, 5.74) is 0.977. The number of carbonyl (C=O) groups excluding carboxylic acids is 2. The summed E-state index contributed by atoms with van der Waals surface area (Å²) < 4.78 is 5.44. The summed E-state index contributed by atoms with van der Waals surface area (Å²) in [5.74, 6) is 1.25. The van der Waals surface area contributed by atoms with Crippen molar-refractivity contribution < 1.29 is 14.3 Å². The van der Waals surface area contributed by atoms with Gasteiger partial charge in [0.1, 0.15) is 11.1 Å². The van der Waals surface area contributed by atoms with Gasteiger partial charge >= 0.3 is 0 Å². The molecule has 0 unspecified atom stereocenters. The normalized spacial score (nSPS) is 20.5. The second kappa shape index (κ2) is 8.42. The largest absolute Gasteiger partial charge is 0.496 e. The molecule has 1 aromatic rings. The zero-order valence-electron chi connectivity index (χ0n) is 14.7. The Labute approximate surface area is 148 Å². The average Bonchev–Trinajstić information content (AvgIpc) is 2.85. The molecule has 24 heavy (non-hydrogen) atoms. The van der Waals surface area contributed by atoms with Gasteiger partial charge in [0.05, 0.1) is 12.4 Å². The highest BCUT2D eigenvalue weighted by atomic mass is 32.2. The van der Waals surface area contributed by atoms with E-state index in [1.807, 2.05) is 31.2 Å². The molecule has 0 aromatic heterocycles. The van der Waals surface area contributed by atoms with Gasteiger partial charge < -0.3 is 15.0 Å². The maximum absolute atomic E-state index is 12.5. The van der Waals surface area contributed by atoms with E-state index in [2.05, 4.69) is 19.2 Å². The van der Waals surface area contributed by atoms with Crippen molar-refractivity contribution in [2.24, 2.45) is 5.92 Å². The molecule has 0 saturated carbocycles. The van der Waals surface area contributed by atoms with Crippen molar-refractivity contribution in [1.29, 1.82) is 0 Å². The monoisotopic (exact) mass is 350 g/mol. The van der Waals surface area contributed by atoms with Crippen LogP contribution < -0.4 is 10.1 Å². The van der Waals surface area contributed by atoms with Gasteiger partial charge in [0.2, 0.25) is 11.8 Å². The Morgan fingerprint density at radius 1 is 1.38 bits per heavy atom. The molecule has 0 spiro atoms. The SMILES string of the molecule is COc1ccccc1[C@H]1S[C@@H](C)C(=O)N1CCC(=O)NCC(C)C. The molecule has 132 valence electrons. The fourth-order valence-electron chi connectivity index (χ4n) is 2.64. The van der Waals surface area contributed by atoms with E-state index in [0.717, 1.165) is 11.3 Å². The minimum atomic E-state index is -0.112. The maximum atomic E-state index is 12.5. The van der Waals surface area contributed by atoms with Crippen LogP contribution >= 0.6 is 11.8 Å². The van der Waals surface area contributed by atoms with Gasteiger partial charge in [-0.3, -0.25) is 9.59 Å². The molecule has 1 aromatic carbocycles. The molecule has 5 nitrogen and oxygen atoms in total. The summed E-state index contributed by atoms with van der Waals surface area (Å²) in [7, 11) is 1.63. The van der Waals surface area contributed by atoms with Gasteiger partial charge in [-0.05, 0) is 18.9 Å². The lowest BCUT2D eigenvalue weighted by Crippen LogP contribution is -2.35. The molecule has 6 heteroatoms. The zero-order chi connectivity index (χ0) is 17.7. The van der Waals surface area contributed by atoms with Crippen LogP contribution in [0.4, 0.5) is 0 Å². The molecule has 1 fully saturated rings. The van der Waals surface area contributed by atoms with Crippen molar-refractivity contribution in [3.63, 3.8) is 0 Å². The first kappa shape index (κ1) is 18.6. The summed E-state index contributed by atoms with van der Waals surface area (Å²) in [6.45, 7) is 7.10. The van der Waals surface area contributed by atoms with E-state index in [-0.39, 0.29) is 22.4 Å². The number of amides is 2. The van der Waals surface area contributed by atoms with E-state index in [0.29, 0.717) is 25.4 Å². The molecule has 1 heterocycles. The summed E-state index contributed by atoms with van der Waals surface area (Å²) in [4.78, 5) is 26.3. The summed E-state index contributed by atoms with van der Waals surface area (Å²) in [5, 5.41) is 2.68. The van der Waals surface area contributed by atoms with Crippen molar-refractivity contribution in [1.82, 2.24) is 10.2 Å². The van der Waals surface area contributed by atoms with Gasteiger partial charge in [0, 0.05) is 25.1 Å². The fourth-order valence-corrected chi connectivity index (χ4v) is 3.98. The van der Waals surface area contributed by atoms with Crippen LogP contribution in [-0.4, -0.2) is 42.2 Å². The second-order valence-corrected chi connectivity index (χ2v) is 7.78. The van der Waals surface area contributed by atoms with E-state index < -0.39 is 0 Å². The molecule has 0 radical (unpaired) electrons. The van der Waals surface area contributed by atoms with Crippen LogP contribution in [-0.2, 0) is 9.59 Å². The third-order valence-corrected chi connectivity index (χ3v) is 5.32. The molecule has 2 amide bonds. The van der Waals surface area contributed by atoms with E-state index in [1.165, 1.54) is 0 Å². The Morgan fingerprint density at radius 3 is 2.75 bits per heavy atom. The molecule has 1 saturated heterocycles. The quantitative estimate of drug-likeness (QED) is 0.821. The van der Waals surface area contributed by atoms with Crippen molar-refractivity contribution in [2.75, 3.05) is 20.2 Å². The summed E-state index contributed by atoms with van der Waals surface area (Å²) in [6.07, 6.45) is 0.317. The minimum Gasteiger partial charge on any atom is -0.496 e. The van der Waals surface area contributed by atoms with Crippen LogP contribution in [0.1, 0.15) is 38.1 Å². The van der Waals surface area contributed by atoms with E-state index in [4.69, 9.17) is 4.74 Å². The first-order valence-electron chi connectivity index (χ1n) is 8.29. The fraction of sp³-hybridized carbons (Fsp3) is 0.556. The number of nitrogens with one attached hydrogen (secondary N) is 1. The van der Waals surface area contributed by atoms with Crippen molar-refractivity contribution in [3.8, 4) is 5.75 Å². The predicted molar refractivity (Wildman–Crippen MR) is 97.0 cm³/mol. The number of hydrogen-bond acceptors (Lipinski definition) is 4. The molecule has 0 aliphatic carbocycles. The first-order chi connectivity index (χ1) is 11.4. The lowest BCUT2D eigenvalue weighted by Gasteiger charge is -2.25. The molecule has 2 rings (SSSR count). The molecule has 2 atom stereocenters. The van der Waals surface area contributed by atoms with Crippen molar-refractivity contribution >= 4 is 23.6 Å². The maximum Gasteiger partial charge on any atom is 0.236 e. The Morgan fingerprint density at radius 2 is 2.08 bits per heavy atom. The lowest BCUT2D eigenvalue weighted by atomic mass is 10.1. The molecule has 0 bridgehead atoms. The highest BCUT2D eigenvalue weighted by molar-refractivity contribution is 8.01. The molecular weight excluding hydrogens is 324 g/mol. The topological polar surface area (TPSA) is 58.6 Å². The van der Waals surface area contributed by atoms with Crippen molar-refractivity contribution in [2.45, 2.75) is 37.8 Å². The number of thioether (sulfide) groups is 1. The summed E-state index contributed by atoms with van der Waals surface area (Å²) >= 11 is 1.60. The molecule has 1 aliphatic heterocycles. The Hall–Kier alpha value is -1.69. The first-order valence-corrected chi connectivity index (χ1v) is 9.23. The van der Waals surface area contributed by atoms with Crippen LogP contribution in [0.2, 0.25) is 0 Å². The van der Waals surface area contributed by atoms with Gasteiger partial charge in [-0.1, -0.05) is 32.0 Å². The third-order valence-electron chi connectivity index (χ3n) is 3.94. The smallest absolute Gasteiger partial charge is 0.236 e. The number of methoxy groups -OCH3 is 1. The zero-order valence-corrected chi connectivity index (χ0v) is 15.6. The minimum absolute atomic E-state index is 0.0140. The highest BCUT2D eigenvalue weighted by Crippen LogP contribution is 2.45. The van der Waals surface area contributed by atoms with E-state index >= 15 is 0 Å². The van der Waals surface area contributed by atoms with Crippen LogP contribution in [0.25, 0.3) is 0 Å². The number of nitrogens with zero attached hydrogens (tertiary/aromatic N) is 1. The predicted octanol–water partition coefficient (Wildman–Crippen LogP) is 2.82. The van der Waals surface area contributed by atoms with E-state index in [9.17, 15) is 9.59 Å². The standard InChI is InChI=1S/C18H26N2O3S/c1-12(2)11-19-16(21)9-10-20-17(22)13(3)24-18(20)14-7-5-6-8-15(14)23-4/h5-8,12-13,18H,9-11H2,1-4H3,(H,19,21)/t13-,18+/m0/s1. The number of carbonyl (C=O) groups is 2. The molecule has 1 N–H and O–H groups in total. The van der Waals surface area contributed by atoms with Crippen LogP contribution in [0.15, 0.2) is 24.3 Å². The Balaban J connectivity index is 2.08. The number of benzene rings is 1. The van der Waals surface area contributed by atoms with Crippen molar-refractivity contribution in [3.05, 3.63) is 29.8 Å². The molecular formula is C18H26N2O3S. The van der Waals surface area contributed by atoms with Gasteiger partial charge in [-0.2, -0.15) is 0 Å².